The van der Waals surface area contributed by atoms with E-state index in [0.29, 0.717) is 22.2 Å². The highest BCUT2D eigenvalue weighted by atomic mass is 19.1. The number of carbonyl (C=O) groups excluding carboxylic acids is 1. The minimum Gasteiger partial charge on any atom is -0.469 e. The molecule has 4 rings (SSSR count). The van der Waals surface area contributed by atoms with E-state index in [4.69, 9.17) is 4.74 Å². The number of ether oxygens (including phenoxy) is 1. The Bertz CT molecular complexity index is 1270. The van der Waals surface area contributed by atoms with Crippen molar-refractivity contribution in [1.29, 1.82) is 5.26 Å². The van der Waals surface area contributed by atoms with Crippen LogP contribution in [0.1, 0.15) is 57.1 Å². The molecular weight excluding hydrogens is 428 g/mol. The topological polar surface area (TPSA) is 104 Å². The van der Waals surface area contributed by atoms with Crippen molar-refractivity contribution >= 4 is 22.8 Å². The average Bonchev–Trinajstić information content (AvgIpc) is 3.52. The van der Waals surface area contributed by atoms with Gasteiger partial charge in [-0.05, 0) is 30.2 Å². The molecule has 33 heavy (non-hydrogen) atoms. The summed E-state index contributed by atoms with van der Waals surface area (Å²) in [5, 5.41) is 13.5. The highest BCUT2D eigenvalue weighted by Crippen LogP contribution is 2.46. The van der Waals surface area contributed by atoms with Crippen LogP contribution in [0.2, 0.25) is 0 Å². The van der Waals surface area contributed by atoms with Gasteiger partial charge in [-0.3, -0.25) is 4.79 Å². The first-order chi connectivity index (χ1) is 15.6. The van der Waals surface area contributed by atoms with E-state index in [-0.39, 0.29) is 29.4 Å². The predicted molar refractivity (Wildman–Crippen MR) is 119 cm³/mol. The van der Waals surface area contributed by atoms with Crippen LogP contribution in [0.25, 0.3) is 22.3 Å². The lowest BCUT2D eigenvalue weighted by molar-refractivity contribution is -0.141. The van der Waals surface area contributed by atoms with Gasteiger partial charge in [0.1, 0.15) is 17.5 Å². The zero-order chi connectivity index (χ0) is 23.9. The maximum absolute atomic E-state index is 15.7. The summed E-state index contributed by atoms with van der Waals surface area (Å²) in [4.78, 5) is 23.5. The lowest BCUT2D eigenvalue weighted by atomic mass is 9.84. The van der Waals surface area contributed by atoms with Gasteiger partial charge in [0.15, 0.2) is 11.6 Å². The van der Waals surface area contributed by atoms with Crippen molar-refractivity contribution in [1.82, 2.24) is 15.0 Å². The van der Waals surface area contributed by atoms with Crippen molar-refractivity contribution in [3.8, 4) is 17.3 Å². The van der Waals surface area contributed by atoms with Gasteiger partial charge in [0.2, 0.25) is 0 Å². The van der Waals surface area contributed by atoms with Gasteiger partial charge in [0, 0.05) is 28.8 Å². The van der Waals surface area contributed by atoms with Crippen LogP contribution < -0.4 is 5.32 Å². The molecule has 1 fully saturated rings. The maximum atomic E-state index is 15.7. The molecule has 7 nitrogen and oxygen atoms in total. The van der Waals surface area contributed by atoms with Crippen LogP contribution in [0.3, 0.4) is 0 Å². The van der Waals surface area contributed by atoms with Gasteiger partial charge < -0.3 is 15.0 Å². The van der Waals surface area contributed by atoms with Crippen molar-refractivity contribution in [2.75, 3.05) is 12.4 Å². The number of nitriles is 1. The Morgan fingerprint density at radius 3 is 2.73 bits per heavy atom. The minimum absolute atomic E-state index is 0.0113. The second kappa shape index (κ2) is 8.43. The first kappa shape index (κ1) is 22.6. The number of carbonyl (C=O) groups is 1. The summed E-state index contributed by atoms with van der Waals surface area (Å²) in [6, 6.07) is 2.93. The molecule has 0 saturated heterocycles. The van der Waals surface area contributed by atoms with Crippen LogP contribution in [-0.2, 0) is 9.53 Å². The fraction of sp³-hybridized carbons (Fsp3) is 0.417. The molecular formula is C24H25F2N5O2. The molecule has 1 saturated carbocycles. The molecule has 0 unspecified atom stereocenters. The Morgan fingerprint density at radius 1 is 1.39 bits per heavy atom. The highest BCUT2D eigenvalue weighted by Gasteiger charge is 2.35. The van der Waals surface area contributed by atoms with Gasteiger partial charge in [0.25, 0.3) is 0 Å². The summed E-state index contributed by atoms with van der Waals surface area (Å²) in [7, 11) is 1.30. The summed E-state index contributed by atoms with van der Waals surface area (Å²) >= 11 is 0. The quantitative estimate of drug-likeness (QED) is 0.507. The summed E-state index contributed by atoms with van der Waals surface area (Å²) < 4.78 is 34.5. The number of pyridine rings is 2. The third-order valence-electron chi connectivity index (χ3n) is 5.98. The van der Waals surface area contributed by atoms with Crippen LogP contribution >= 0.6 is 0 Å². The van der Waals surface area contributed by atoms with Gasteiger partial charge in [0.05, 0.1) is 31.0 Å². The van der Waals surface area contributed by atoms with Crippen LogP contribution in [0.4, 0.5) is 14.6 Å². The van der Waals surface area contributed by atoms with Crippen molar-refractivity contribution < 1.29 is 18.3 Å². The Morgan fingerprint density at radius 2 is 2.12 bits per heavy atom. The van der Waals surface area contributed by atoms with Gasteiger partial charge in [-0.2, -0.15) is 5.26 Å². The van der Waals surface area contributed by atoms with E-state index in [9.17, 15) is 14.4 Å². The van der Waals surface area contributed by atoms with Crippen LogP contribution in [0.15, 0.2) is 18.5 Å². The molecule has 0 bridgehead atoms. The third kappa shape index (κ3) is 4.38. The van der Waals surface area contributed by atoms with E-state index in [0.717, 1.165) is 19.0 Å². The number of hydrogen-bond donors (Lipinski definition) is 2. The first-order valence-electron chi connectivity index (χ1n) is 10.7. The maximum Gasteiger partial charge on any atom is 0.307 e. The lowest BCUT2D eigenvalue weighted by Crippen LogP contribution is -2.37. The second-order valence-corrected chi connectivity index (χ2v) is 9.39. The first-order valence-corrected chi connectivity index (χ1v) is 10.7. The van der Waals surface area contributed by atoms with Crippen molar-refractivity contribution in [2.24, 2.45) is 5.41 Å². The average molecular weight is 453 g/mol. The van der Waals surface area contributed by atoms with Crippen LogP contribution in [-0.4, -0.2) is 34.1 Å². The molecule has 0 aliphatic heterocycles. The number of anilines is 1. The molecule has 0 spiro atoms. The number of nitrogens with one attached hydrogen (secondary N) is 2. The standard InChI is InChI=1S/C24H25F2N5O2/c1-24(2,3)17(8-18(32)33-4)30-23-20(26)19(12-5-6-12)15(9-27)21(31-23)16-11-29-22-14(16)7-13(25)10-28-22/h7,10-12,17H,5-6,8H2,1-4H3,(H,28,29)(H,30,31)/t17-/m0/s1. The zero-order valence-electron chi connectivity index (χ0n) is 18.9. The third-order valence-corrected chi connectivity index (χ3v) is 5.98. The lowest BCUT2D eigenvalue weighted by Gasteiger charge is -2.31. The van der Waals surface area contributed by atoms with Gasteiger partial charge in [-0.25, -0.2) is 18.7 Å². The Kier molecular flexibility index (Phi) is 5.78. The molecule has 1 aliphatic rings. The highest BCUT2D eigenvalue weighted by molar-refractivity contribution is 5.94. The van der Waals surface area contributed by atoms with E-state index in [1.54, 1.807) is 6.20 Å². The second-order valence-electron chi connectivity index (χ2n) is 9.39. The van der Waals surface area contributed by atoms with Crippen LogP contribution in [0.5, 0.6) is 0 Å². The number of hydrogen-bond acceptors (Lipinski definition) is 6. The van der Waals surface area contributed by atoms with Crippen molar-refractivity contribution in [3.63, 3.8) is 0 Å². The number of esters is 1. The number of H-pyrrole nitrogens is 1. The number of nitrogens with zero attached hydrogens (tertiary/aromatic N) is 3. The Balaban J connectivity index is 1.90. The molecule has 0 amide bonds. The molecule has 3 aromatic heterocycles. The monoisotopic (exact) mass is 453 g/mol. The molecule has 172 valence electrons. The number of halogens is 2. The van der Waals surface area contributed by atoms with E-state index < -0.39 is 29.1 Å². The molecule has 0 radical (unpaired) electrons. The summed E-state index contributed by atoms with van der Waals surface area (Å²) in [5.74, 6) is -1.70. The van der Waals surface area contributed by atoms with Gasteiger partial charge in [-0.15, -0.1) is 0 Å². The molecule has 0 aromatic carbocycles. The SMILES string of the molecule is COC(=O)C[C@H](Nc1nc(-c2c[nH]c3ncc(F)cc23)c(C#N)c(C2CC2)c1F)C(C)(C)C. The number of aromatic nitrogens is 3. The molecule has 3 heterocycles. The predicted octanol–water partition coefficient (Wildman–Crippen LogP) is 5.04. The van der Waals surface area contributed by atoms with Gasteiger partial charge in [-0.1, -0.05) is 20.8 Å². The van der Waals surface area contributed by atoms with E-state index in [1.807, 2.05) is 20.8 Å². The van der Waals surface area contributed by atoms with Crippen molar-refractivity contribution in [3.05, 3.63) is 41.2 Å². The molecule has 2 N–H and O–H groups in total. The molecule has 3 aromatic rings. The van der Waals surface area contributed by atoms with Crippen LogP contribution in [0, 0.1) is 28.4 Å². The summed E-state index contributed by atoms with van der Waals surface area (Å²) in [5.41, 5.74) is 1.14. The summed E-state index contributed by atoms with van der Waals surface area (Å²) in [6.07, 6.45) is 4.23. The Labute approximate surface area is 190 Å². The number of methoxy groups -OCH3 is 1. The van der Waals surface area contributed by atoms with Crippen molar-refractivity contribution in [2.45, 2.75) is 52.0 Å². The normalized spacial score (nSPS) is 14.7. The summed E-state index contributed by atoms with van der Waals surface area (Å²) in [6.45, 7) is 5.77. The number of aromatic amines is 1. The largest absolute Gasteiger partial charge is 0.469 e. The minimum atomic E-state index is -0.596. The fourth-order valence-electron chi connectivity index (χ4n) is 3.90. The molecule has 1 atom stereocenters. The zero-order valence-corrected chi connectivity index (χ0v) is 18.9. The van der Waals surface area contributed by atoms with E-state index in [2.05, 4.69) is 26.3 Å². The molecule has 1 aliphatic carbocycles. The fourth-order valence-corrected chi connectivity index (χ4v) is 3.90. The Hall–Kier alpha value is -3.54. The number of rotatable bonds is 6. The smallest absolute Gasteiger partial charge is 0.307 e. The van der Waals surface area contributed by atoms with Gasteiger partial charge >= 0.3 is 5.97 Å². The van der Waals surface area contributed by atoms with E-state index in [1.165, 1.54) is 13.2 Å². The molecule has 9 heteroatoms. The van der Waals surface area contributed by atoms with E-state index >= 15 is 4.39 Å². The number of fused-ring (bicyclic) bond motifs is 1.